The lowest BCUT2D eigenvalue weighted by Gasteiger charge is -2.33. The third-order valence-electron chi connectivity index (χ3n) is 3.61. The van der Waals surface area contributed by atoms with Gasteiger partial charge in [-0.05, 0) is 30.1 Å². The van der Waals surface area contributed by atoms with E-state index in [1.165, 1.54) is 19.3 Å². The Morgan fingerprint density at radius 3 is 2.77 bits per heavy atom. The first-order valence-electron chi connectivity index (χ1n) is 5.54. The topological polar surface area (TPSA) is 12.4 Å². The van der Waals surface area contributed by atoms with Crippen LogP contribution < -0.4 is 0 Å². The molecule has 0 bridgehead atoms. The van der Waals surface area contributed by atoms with Crippen LogP contribution in [0.1, 0.15) is 47.0 Å². The number of hydrogen-bond acceptors (Lipinski definition) is 1. The van der Waals surface area contributed by atoms with Crippen molar-refractivity contribution in [2.45, 2.75) is 47.0 Å². The fraction of sp³-hybridized carbons (Fsp3) is 0.917. The van der Waals surface area contributed by atoms with Gasteiger partial charge in [0.05, 0.1) is 0 Å². The molecule has 76 valence electrons. The van der Waals surface area contributed by atoms with E-state index in [0.29, 0.717) is 11.3 Å². The van der Waals surface area contributed by atoms with E-state index >= 15 is 0 Å². The van der Waals surface area contributed by atoms with Crippen LogP contribution in [0, 0.1) is 17.3 Å². The first-order valence-corrected chi connectivity index (χ1v) is 5.54. The summed E-state index contributed by atoms with van der Waals surface area (Å²) in [7, 11) is 0. The minimum Gasteiger partial charge on any atom is -0.297 e. The molecule has 0 saturated carbocycles. The molecule has 2 atom stereocenters. The Hall–Kier alpha value is -0.330. The summed E-state index contributed by atoms with van der Waals surface area (Å²) >= 11 is 0. The van der Waals surface area contributed by atoms with Gasteiger partial charge < -0.3 is 0 Å². The average Bonchev–Trinajstić information content (AvgIpc) is 2.01. The van der Waals surface area contributed by atoms with Crippen molar-refractivity contribution in [3.8, 4) is 0 Å². The van der Waals surface area contributed by atoms with Crippen molar-refractivity contribution in [3.05, 3.63) is 0 Å². The maximum Gasteiger partial charge on any atom is 0.0441 e. The first-order chi connectivity index (χ1) is 6.04. The van der Waals surface area contributed by atoms with Crippen LogP contribution in [-0.2, 0) is 0 Å². The maximum atomic E-state index is 4.56. The fourth-order valence-corrected chi connectivity index (χ4v) is 1.89. The second kappa shape index (κ2) is 4.26. The molecule has 0 saturated heterocycles. The van der Waals surface area contributed by atoms with Gasteiger partial charge in [0.1, 0.15) is 0 Å². The Morgan fingerprint density at radius 2 is 2.15 bits per heavy atom. The van der Waals surface area contributed by atoms with Crippen molar-refractivity contribution >= 4 is 6.21 Å². The van der Waals surface area contributed by atoms with Crippen LogP contribution in [-0.4, -0.2) is 12.8 Å². The molecule has 0 amide bonds. The van der Waals surface area contributed by atoms with E-state index in [9.17, 15) is 0 Å². The largest absolute Gasteiger partial charge is 0.297 e. The molecular weight excluding hydrogens is 158 g/mol. The Morgan fingerprint density at radius 1 is 1.46 bits per heavy atom. The molecule has 0 radical (unpaired) electrons. The summed E-state index contributed by atoms with van der Waals surface area (Å²) in [6.07, 6.45) is 6.17. The first kappa shape index (κ1) is 10.7. The predicted molar refractivity (Wildman–Crippen MR) is 59.3 cm³/mol. The molecule has 0 spiro atoms. The zero-order chi connectivity index (χ0) is 9.90. The van der Waals surface area contributed by atoms with Crippen LogP contribution in [0.25, 0.3) is 0 Å². The summed E-state index contributed by atoms with van der Waals surface area (Å²) in [5.74, 6) is 1.44. The molecule has 1 aliphatic heterocycles. The van der Waals surface area contributed by atoms with Gasteiger partial charge in [-0.3, -0.25) is 4.99 Å². The summed E-state index contributed by atoms with van der Waals surface area (Å²) in [5.41, 5.74) is 0.441. The zero-order valence-corrected chi connectivity index (χ0v) is 9.51. The quantitative estimate of drug-likeness (QED) is 0.586. The summed E-state index contributed by atoms with van der Waals surface area (Å²) < 4.78 is 0. The molecule has 1 heterocycles. The standard InChI is InChI=1S/C12H23N/c1-10(2)12(4)7-5-6-11(3)8-13-9-12/h8,10-11H,5-7,9H2,1-4H3/b13-8-/t11?,12-/m1/s1. The fourth-order valence-electron chi connectivity index (χ4n) is 1.89. The number of rotatable bonds is 1. The Kier molecular flexibility index (Phi) is 3.52. The van der Waals surface area contributed by atoms with Crippen molar-refractivity contribution in [1.82, 2.24) is 0 Å². The zero-order valence-electron chi connectivity index (χ0n) is 9.51. The van der Waals surface area contributed by atoms with E-state index in [1.807, 2.05) is 0 Å². The van der Waals surface area contributed by atoms with Crippen molar-refractivity contribution in [2.75, 3.05) is 6.54 Å². The van der Waals surface area contributed by atoms with E-state index in [2.05, 4.69) is 38.9 Å². The lowest BCUT2D eigenvalue weighted by molar-refractivity contribution is 0.199. The summed E-state index contributed by atoms with van der Waals surface area (Å²) in [6, 6.07) is 0. The predicted octanol–water partition coefficient (Wildman–Crippen LogP) is 3.54. The van der Waals surface area contributed by atoms with Crippen LogP contribution in [0.5, 0.6) is 0 Å². The van der Waals surface area contributed by atoms with E-state index in [-0.39, 0.29) is 0 Å². The van der Waals surface area contributed by atoms with E-state index < -0.39 is 0 Å². The molecule has 13 heavy (non-hydrogen) atoms. The number of aliphatic imine (C=N–C) groups is 1. The Bertz CT molecular complexity index is 184. The molecule has 0 N–H and O–H groups in total. The lowest BCUT2D eigenvalue weighted by atomic mass is 9.74. The molecule has 0 fully saturated rings. The summed E-state index contributed by atoms with van der Waals surface area (Å²) in [5, 5.41) is 0. The molecule has 1 unspecified atom stereocenters. The second-order valence-electron chi connectivity index (χ2n) is 5.17. The highest BCUT2D eigenvalue weighted by molar-refractivity contribution is 5.60. The van der Waals surface area contributed by atoms with Gasteiger partial charge in [0, 0.05) is 12.8 Å². The van der Waals surface area contributed by atoms with Crippen LogP contribution in [0.15, 0.2) is 4.99 Å². The van der Waals surface area contributed by atoms with Crippen LogP contribution >= 0.6 is 0 Å². The smallest absolute Gasteiger partial charge is 0.0441 e. The third-order valence-corrected chi connectivity index (χ3v) is 3.61. The highest BCUT2D eigenvalue weighted by Gasteiger charge is 2.28. The average molecular weight is 181 g/mol. The minimum absolute atomic E-state index is 0.441. The van der Waals surface area contributed by atoms with Crippen LogP contribution in [0.2, 0.25) is 0 Å². The van der Waals surface area contributed by atoms with Crippen LogP contribution in [0.4, 0.5) is 0 Å². The Balaban J connectivity index is 2.64. The summed E-state index contributed by atoms with van der Waals surface area (Å²) in [4.78, 5) is 4.56. The van der Waals surface area contributed by atoms with Crippen molar-refractivity contribution in [2.24, 2.45) is 22.2 Å². The minimum atomic E-state index is 0.441. The molecule has 1 heteroatoms. The molecule has 0 aliphatic carbocycles. The van der Waals surface area contributed by atoms with Gasteiger partial charge in [-0.2, -0.15) is 0 Å². The van der Waals surface area contributed by atoms with Gasteiger partial charge in [-0.1, -0.05) is 34.1 Å². The van der Waals surface area contributed by atoms with Gasteiger partial charge in [-0.25, -0.2) is 0 Å². The number of nitrogens with zero attached hydrogens (tertiary/aromatic N) is 1. The molecule has 0 aromatic heterocycles. The second-order valence-corrected chi connectivity index (χ2v) is 5.17. The van der Waals surface area contributed by atoms with Crippen molar-refractivity contribution in [3.63, 3.8) is 0 Å². The SMILES string of the molecule is CC1/C=N\C[C@](C)(C(C)C)CCC1. The number of hydrogen-bond donors (Lipinski definition) is 0. The molecular formula is C12H23N. The van der Waals surface area contributed by atoms with E-state index in [0.717, 1.165) is 12.5 Å². The monoisotopic (exact) mass is 181 g/mol. The van der Waals surface area contributed by atoms with Crippen molar-refractivity contribution in [1.29, 1.82) is 0 Å². The van der Waals surface area contributed by atoms with Crippen LogP contribution in [0.3, 0.4) is 0 Å². The molecule has 1 rings (SSSR count). The van der Waals surface area contributed by atoms with Gasteiger partial charge in [0.2, 0.25) is 0 Å². The normalized spacial score (nSPS) is 38.4. The van der Waals surface area contributed by atoms with E-state index in [4.69, 9.17) is 0 Å². The van der Waals surface area contributed by atoms with Gasteiger partial charge in [0.25, 0.3) is 0 Å². The molecule has 1 aliphatic rings. The lowest BCUT2D eigenvalue weighted by Crippen LogP contribution is -2.28. The van der Waals surface area contributed by atoms with Gasteiger partial charge in [-0.15, -0.1) is 0 Å². The Labute approximate surface area is 82.6 Å². The van der Waals surface area contributed by atoms with Crippen molar-refractivity contribution < 1.29 is 0 Å². The maximum absolute atomic E-state index is 4.56. The van der Waals surface area contributed by atoms with Gasteiger partial charge >= 0.3 is 0 Å². The highest BCUT2D eigenvalue weighted by Crippen LogP contribution is 2.34. The third kappa shape index (κ3) is 2.82. The summed E-state index contributed by atoms with van der Waals surface area (Å²) in [6.45, 7) is 10.3. The van der Waals surface area contributed by atoms with E-state index in [1.54, 1.807) is 0 Å². The molecule has 0 aromatic carbocycles. The molecule has 0 aromatic rings. The molecule has 1 nitrogen and oxygen atoms in total. The van der Waals surface area contributed by atoms with Gasteiger partial charge in [0.15, 0.2) is 0 Å². The highest BCUT2D eigenvalue weighted by atomic mass is 14.7.